The van der Waals surface area contributed by atoms with Crippen LogP contribution in [0.4, 0.5) is 0 Å². The number of nitrogens with zero attached hydrogens (tertiary/aromatic N) is 3. The highest BCUT2D eigenvalue weighted by Crippen LogP contribution is 2.26. The molecule has 0 spiro atoms. The van der Waals surface area contributed by atoms with Crippen molar-refractivity contribution in [1.82, 2.24) is 14.7 Å². The number of amides is 1. The minimum absolute atomic E-state index is 0.0788. The Hall–Kier alpha value is -1.79. The Morgan fingerprint density at radius 2 is 2.04 bits per heavy atom. The average molecular weight is 392 g/mol. The van der Waals surface area contributed by atoms with Gasteiger partial charge in [-0.3, -0.25) is 9.59 Å². The van der Waals surface area contributed by atoms with E-state index in [1.54, 1.807) is 13.1 Å². The summed E-state index contributed by atoms with van der Waals surface area (Å²) in [7, 11) is 8.67. The highest BCUT2D eigenvalue weighted by molar-refractivity contribution is 8.21. The van der Waals surface area contributed by atoms with E-state index in [9.17, 15) is 9.59 Å². The predicted octanol–water partition coefficient (Wildman–Crippen LogP) is 3.05. The van der Waals surface area contributed by atoms with Gasteiger partial charge in [0.2, 0.25) is 5.91 Å². The smallest absolute Gasteiger partial charge is 0.266 e. The molecule has 1 aromatic heterocycles. The van der Waals surface area contributed by atoms with Crippen LogP contribution in [0.15, 0.2) is 46.1 Å². The van der Waals surface area contributed by atoms with Gasteiger partial charge in [0.05, 0.1) is 12.1 Å². The molecular formula is C19H22ClN3O2S. The SMILES string of the molecule is Cn1nc(CC(=O)N2CCC(Cc3cccc(SCl)c3)CC2)ccc1=O. The van der Waals surface area contributed by atoms with E-state index in [4.69, 9.17) is 10.7 Å². The normalized spacial score (nSPS) is 15.2. The molecule has 3 rings (SSSR count). The fourth-order valence-electron chi connectivity index (χ4n) is 3.35. The fraction of sp³-hybridized carbons (Fsp3) is 0.421. The molecule has 0 unspecified atom stereocenters. The Bertz CT molecular complexity index is 832. The molecule has 0 radical (unpaired) electrons. The van der Waals surface area contributed by atoms with Crippen molar-refractivity contribution in [2.75, 3.05) is 13.1 Å². The number of aromatic nitrogens is 2. The largest absolute Gasteiger partial charge is 0.342 e. The summed E-state index contributed by atoms with van der Waals surface area (Å²) in [5.41, 5.74) is 1.77. The second-order valence-corrected chi connectivity index (χ2v) is 7.80. The Kier molecular flexibility index (Phi) is 6.38. The molecule has 138 valence electrons. The molecule has 0 bridgehead atoms. The molecule has 7 heteroatoms. The van der Waals surface area contributed by atoms with Crippen molar-refractivity contribution in [1.29, 1.82) is 0 Å². The predicted molar refractivity (Wildman–Crippen MR) is 104 cm³/mol. The first-order valence-electron chi connectivity index (χ1n) is 8.73. The van der Waals surface area contributed by atoms with Crippen LogP contribution in [-0.2, 0) is 24.7 Å². The van der Waals surface area contributed by atoms with Crippen LogP contribution in [0.3, 0.4) is 0 Å². The van der Waals surface area contributed by atoms with Gasteiger partial charge in [-0.1, -0.05) is 12.1 Å². The third-order valence-corrected chi connectivity index (χ3v) is 5.79. The average Bonchev–Trinajstić information content (AvgIpc) is 2.65. The topological polar surface area (TPSA) is 55.2 Å². The Labute approximate surface area is 161 Å². The minimum atomic E-state index is -0.168. The summed E-state index contributed by atoms with van der Waals surface area (Å²) in [5.74, 6) is 0.667. The van der Waals surface area contributed by atoms with E-state index in [-0.39, 0.29) is 17.9 Å². The molecule has 0 atom stereocenters. The van der Waals surface area contributed by atoms with Crippen molar-refractivity contribution < 1.29 is 4.79 Å². The zero-order chi connectivity index (χ0) is 18.5. The minimum Gasteiger partial charge on any atom is -0.342 e. The molecule has 2 heterocycles. The van der Waals surface area contributed by atoms with E-state index in [0.717, 1.165) is 37.2 Å². The number of hydrogen-bond donors (Lipinski definition) is 0. The van der Waals surface area contributed by atoms with E-state index >= 15 is 0 Å². The Balaban J connectivity index is 1.51. The summed E-state index contributed by atoms with van der Waals surface area (Å²) in [5, 5.41) is 4.14. The highest BCUT2D eigenvalue weighted by atomic mass is 35.7. The van der Waals surface area contributed by atoms with E-state index in [1.807, 2.05) is 17.0 Å². The molecule has 1 aliphatic rings. The maximum Gasteiger partial charge on any atom is 0.266 e. The number of piperidine rings is 1. The molecule has 1 aliphatic heterocycles. The summed E-state index contributed by atoms with van der Waals surface area (Å²) >= 11 is 0. The van der Waals surface area contributed by atoms with Crippen LogP contribution in [0.1, 0.15) is 24.1 Å². The summed E-state index contributed by atoms with van der Waals surface area (Å²) in [6, 6.07) is 11.4. The van der Waals surface area contributed by atoms with Crippen molar-refractivity contribution in [2.45, 2.75) is 30.6 Å². The lowest BCUT2D eigenvalue weighted by molar-refractivity contribution is -0.131. The molecule has 26 heavy (non-hydrogen) atoms. The number of carbonyl (C=O) groups is 1. The van der Waals surface area contributed by atoms with Crippen molar-refractivity contribution in [3.8, 4) is 0 Å². The van der Waals surface area contributed by atoms with Crippen LogP contribution >= 0.6 is 21.7 Å². The lowest BCUT2D eigenvalue weighted by atomic mass is 9.90. The van der Waals surface area contributed by atoms with Gasteiger partial charge in [-0.25, -0.2) is 4.68 Å². The summed E-state index contributed by atoms with van der Waals surface area (Å²) in [6.45, 7) is 1.55. The highest BCUT2D eigenvalue weighted by Gasteiger charge is 2.23. The molecular weight excluding hydrogens is 370 g/mol. The van der Waals surface area contributed by atoms with Crippen LogP contribution in [0.5, 0.6) is 0 Å². The van der Waals surface area contributed by atoms with E-state index in [1.165, 1.54) is 27.3 Å². The van der Waals surface area contributed by atoms with Crippen LogP contribution in [0, 0.1) is 5.92 Å². The molecule has 0 N–H and O–H groups in total. The van der Waals surface area contributed by atoms with Gasteiger partial charge in [0, 0.05) is 31.1 Å². The van der Waals surface area contributed by atoms with Gasteiger partial charge in [0.1, 0.15) is 0 Å². The first kappa shape index (κ1) is 19.0. The molecule has 5 nitrogen and oxygen atoms in total. The van der Waals surface area contributed by atoms with Gasteiger partial charge in [0.15, 0.2) is 0 Å². The lowest BCUT2D eigenvalue weighted by Gasteiger charge is -2.32. The van der Waals surface area contributed by atoms with E-state index in [2.05, 4.69) is 17.2 Å². The first-order chi connectivity index (χ1) is 12.5. The number of halogens is 1. The number of likely N-dealkylation sites (tertiary alicyclic amines) is 1. The zero-order valence-electron chi connectivity index (χ0n) is 14.7. The third kappa shape index (κ3) is 4.89. The van der Waals surface area contributed by atoms with Crippen LogP contribution in [0.2, 0.25) is 0 Å². The lowest BCUT2D eigenvalue weighted by Crippen LogP contribution is -2.40. The van der Waals surface area contributed by atoms with Crippen molar-refractivity contribution in [3.63, 3.8) is 0 Å². The van der Waals surface area contributed by atoms with Gasteiger partial charge in [0.25, 0.3) is 5.56 Å². The monoisotopic (exact) mass is 391 g/mol. The molecule has 0 saturated carbocycles. The number of carbonyl (C=O) groups excluding carboxylic acids is 1. The summed E-state index contributed by atoms with van der Waals surface area (Å²) in [6.07, 6.45) is 3.28. The van der Waals surface area contributed by atoms with Crippen molar-refractivity contribution in [2.24, 2.45) is 13.0 Å². The second-order valence-electron chi connectivity index (χ2n) is 6.72. The number of hydrogen-bond acceptors (Lipinski definition) is 4. The van der Waals surface area contributed by atoms with Gasteiger partial charge in [-0.15, -0.1) is 0 Å². The number of rotatable bonds is 5. The molecule has 2 aromatic rings. The quantitative estimate of drug-likeness (QED) is 0.786. The number of benzene rings is 1. The molecule has 0 aliphatic carbocycles. The van der Waals surface area contributed by atoms with Gasteiger partial charge >= 0.3 is 0 Å². The molecule has 1 amide bonds. The van der Waals surface area contributed by atoms with Crippen LogP contribution in [0.25, 0.3) is 0 Å². The second kappa shape index (κ2) is 8.73. The van der Waals surface area contributed by atoms with Gasteiger partial charge in [-0.05, 0) is 70.6 Å². The maximum absolute atomic E-state index is 12.5. The van der Waals surface area contributed by atoms with E-state index < -0.39 is 0 Å². The number of aryl methyl sites for hydroxylation is 1. The first-order valence-corrected chi connectivity index (χ1v) is 10.4. The van der Waals surface area contributed by atoms with Crippen molar-refractivity contribution >= 4 is 27.6 Å². The van der Waals surface area contributed by atoms with Crippen LogP contribution in [-0.4, -0.2) is 33.7 Å². The Morgan fingerprint density at radius 1 is 1.27 bits per heavy atom. The molecule has 1 saturated heterocycles. The van der Waals surface area contributed by atoms with Crippen LogP contribution < -0.4 is 5.56 Å². The third-order valence-electron chi connectivity index (χ3n) is 4.83. The summed E-state index contributed by atoms with van der Waals surface area (Å²) in [4.78, 5) is 26.9. The molecule has 1 aromatic carbocycles. The zero-order valence-corrected chi connectivity index (χ0v) is 16.3. The molecule has 1 fully saturated rings. The standard InChI is InChI=1S/C19H22ClN3O2S/c1-22-18(24)6-5-16(21-22)13-19(25)23-9-7-14(8-10-23)11-15-3-2-4-17(12-15)26-20/h2-6,12,14H,7-11,13H2,1H3. The van der Waals surface area contributed by atoms with E-state index in [0.29, 0.717) is 11.6 Å². The van der Waals surface area contributed by atoms with Crippen molar-refractivity contribution in [3.05, 3.63) is 58.0 Å². The van der Waals surface area contributed by atoms with Gasteiger partial charge < -0.3 is 4.90 Å². The summed E-state index contributed by atoms with van der Waals surface area (Å²) < 4.78 is 1.27. The maximum atomic E-state index is 12.5. The van der Waals surface area contributed by atoms with Gasteiger partial charge in [-0.2, -0.15) is 5.10 Å². The Morgan fingerprint density at radius 3 is 2.73 bits per heavy atom. The fourth-order valence-corrected chi connectivity index (χ4v) is 3.97.